The molecule has 3 aromatic rings. The van der Waals surface area contributed by atoms with Gasteiger partial charge in [0.1, 0.15) is 6.54 Å². The molecule has 0 atom stereocenters. The molecule has 0 unspecified atom stereocenters. The third kappa shape index (κ3) is 6.57. The molecule has 34 heavy (non-hydrogen) atoms. The minimum absolute atomic E-state index is 0.0785. The Balaban J connectivity index is 1.88. The number of nitrogens with zero attached hydrogens (tertiary/aromatic N) is 1. The molecule has 0 spiro atoms. The van der Waals surface area contributed by atoms with Gasteiger partial charge in [0.15, 0.2) is 0 Å². The Morgan fingerprint density at radius 1 is 0.912 bits per heavy atom. The molecule has 0 saturated carbocycles. The molecule has 7 nitrogen and oxygen atoms in total. The number of para-hydroxylation sites is 1. The van der Waals surface area contributed by atoms with Crippen LogP contribution in [0.1, 0.15) is 24.2 Å². The van der Waals surface area contributed by atoms with E-state index in [1.807, 2.05) is 13.8 Å². The maximum atomic E-state index is 13.4. The lowest BCUT2D eigenvalue weighted by Crippen LogP contribution is -2.38. The fourth-order valence-electron chi connectivity index (χ4n) is 3.14. The van der Waals surface area contributed by atoms with E-state index < -0.39 is 22.5 Å². The molecule has 0 fully saturated rings. The Morgan fingerprint density at radius 3 is 2.18 bits per heavy atom. The Hall–Kier alpha value is -2.92. The van der Waals surface area contributed by atoms with Crippen LogP contribution in [0.25, 0.3) is 0 Å². The molecule has 0 aliphatic carbocycles. The lowest BCUT2D eigenvalue weighted by atomic mass is 10.1. The van der Waals surface area contributed by atoms with Crippen LogP contribution in [0, 0.1) is 9.49 Å². The van der Waals surface area contributed by atoms with Crippen molar-refractivity contribution in [2.75, 3.05) is 22.7 Å². The maximum Gasteiger partial charge on any atom is 0.264 e. The number of sulfonamides is 1. The molecule has 0 saturated heterocycles. The molecule has 0 aliphatic heterocycles. The first-order valence-corrected chi connectivity index (χ1v) is 13.2. The van der Waals surface area contributed by atoms with Gasteiger partial charge < -0.3 is 10.6 Å². The first kappa shape index (κ1) is 25.7. The van der Waals surface area contributed by atoms with Crippen molar-refractivity contribution in [2.24, 2.45) is 5.92 Å². The molecule has 0 aliphatic rings. The van der Waals surface area contributed by atoms with Crippen molar-refractivity contribution in [3.8, 4) is 0 Å². The van der Waals surface area contributed by atoms with E-state index in [2.05, 4.69) is 33.2 Å². The number of benzene rings is 3. The number of nitrogens with one attached hydrogen (secondary N) is 2. The molecule has 0 radical (unpaired) electrons. The van der Waals surface area contributed by atoms with Crippen molar-refractivity contribution < 1.29 is 18.0 Å². The van der Waals surface area contributed by atoms with Crippen molar-refractivity contribution in [2.45, 2.75) is 18.7 Å². The molecule has 0 aromatic heterocycles. The molecule has 2 N–H and O–H groups in total. The van der Waals surface area contributed by atoms with Gasteiger partial charge in [-0.2, -0.15) is 0 Å². The highest BCUT2D eigenvalue weighted by Gasteiger charge is 2.27. The van der Waals surface area contributed by atoms with Crippen LogP contribution in [0.5, 0.6) is 0 Å². The second kappa shape index (κ2) is 11.5. The Bertz CT molecular complexity index is 1250. The van der Waals surface area contributed by atoms with Crippen molar-refractivity contribution in [1.82, 2.24) is 5.32 Å². The van der Waals surface area contributed by atoms with Crippen LogP contribution in [0.3, 0.4) is 0 Å². The summed E-state index contributed by atoms with van der Waals surface area (Å²) in [5, 5.41) is 5.54. The summed E-state index contributed by atoms with van der Waals surface area (Å²) in [5.41, 5.74) is 0.985. The minimum Gasteiger partial charge on any atom is -0.352 e. The van der Waals surface area contributed by atoms with Crippen LogP contribution in [0.15, 0.2) is 83.8 Å². The zero-order chi connectivity index (χ0) is 24.7. The van der Waals surface area contributed by atoms with Gasteiger partial charge in [-0.1, -0.05) is 44.2 Å². The van der Waals surface area contributed by atoms with Crippen LogP contribution < -0.4 is 14.9 Å². The van der Waals surface area contributed by atoms with E-state index in [1.165, 1.54) is 12.1 Å². The van der Waals surface area contributed by atoms with Gasteiger partial charge in [0.05, 0.1) is 21.8 Å². The van der Waals surface area contributed by atoms with E-state index in [0.29, 0.717) is 23.5 Å². The first-order chi connectivity index (χ1) is 16.2. The predicted molar refractivity (Wildman–Crippen MR) is 142 cm³/mol. The van der Waals surface area contributed by atoms with E-state index >= 15 is 0 Å². The van der Waals surface area contributed by atoms with Gasteiger partial charge in [0.2, 0.25) is 5.91 Å². The summed E-state index contributed by atoms with van der Waals surface area (Å²) < 4.78 is 28.8. The summed E-state index contributed by atoms with van der Waals surface area (Å²) in [5.74, 6) is -0.602. The van der Waals surface area contributed by atoms with E-state index in [1.54, 1.807) is 66.7 Å². The van der Waals surface area contributed by atoms with Crippen molar-refractivity contribution in [1.29, 1.82) is 0 Å². The standard InChI is InChI=1S/C25H26IN3O4S/c1-18(2)16-27-25(31)22-10-6-7-11-23(22)28-24(30)17-29(20-14-12-19(26)13-15-20)34(32,33)21-8-4-3-5-9-21/h3-15,18H,16-17H2,1-2H3,(H,27,31)(H,28,30). The molecule has 0 bridgehead atoms. The zero-order valence-electron chi connectivity index (χ0n) is 18.9. The highest BCUT2D eigenvalue weighted by atomic mass is 127. The summed E-state index contributed by atoms with van der Waals surface area (Å²) in [6.45, 7) is 4.01. The number of hydrogen-bond acceptors (Lipinski definition) is 4. The van der Waals surface area contributed by atoms with Crippen molar-refractivity contribution in [3.05, 3.63) is 88.0 Å². The third-order valence-corrected chi connectivity index (χ3v) is 7.36. The second-order valence-electron chi connectivity index (χ2n) is 8.00. The third-order valence-electron chi connectivity index (χ3n) is 4.85. The fraction of sp³-hybridized carbons (Fsp3) is 0.200. The van der Waals surface area contributed by atoms with Crippen molar-refractivity contribution in [3.63, 3.8) is 0 Å². The first-order valence-electron chi connectivity index (χ1n) is 10.7. The number of hydrogen-bond donors (Lipinski definition) is 2. The zero-order valence-corrected chi connectivity index (χ0v) is 21.8. The molecule has 3 aromatic carbocycles. The second-order valence-corrected chi connectivity index (χ2v) is 11.1. The number of anilines is 2. The van der Waals surface area contributed by atoms with Gasteiger partial charge in [0, 0.05) is 10.1 Å². The number of carbonyl (C=O) groups excluding carboxylic acids is 2. The topological polar surface area (TPSA) is 95.6 Å². The maximum absolute atomic E-state index is 13.4. The number of rotatable bonds is 9. The van der Waals surface area contributed by atoms with Gasteiger partial charge in [-0.05, 0) is 77.0 Å². The van der Waals surface area contributed by atoms with Crippen molar-refractivity contribution >= 4 is 55.8 Å². The minimum atomic E-state index is -4.01. The Labute approximate surface area is 213 Å². The highest BCUT2D eigenvalue weighted by molar-refractivity contribution is 14.1. The van der Waals surface area contributed by atoms with Crippen LogP contribution in [-0.2, 0) is 14.8 Å². The van der Waals surface area contributed by atoms with E-state index in [9.17, 15) is 18.0 Å². The Morgan fingerprint density at radius 2 is 1.53 bits per heavy atom. The van der Waals surface area contributed by atoms with Gasteiger partial charge in [-0.15, -0.1) is 0 Å². The van der Waals surface area contributed by atoms with Gasteiger partial charge in [-0.3, -0.25) is 13.9 Å². The summed E-state index contributed by atoms with van der Waals surface area (Å²) in [6.07, 6.45) is 0. The van der Waals surface area contributed by atoms with Gasteiger partial charge >= 0.3 is 0 Å². The quantitative estimate of drug-likeness (QED) is 0.358. The normalized spacial score (nSPS) is 11.2. The molecular weight excluding hydrogens is 565 g/mol. The summed E-state index contributed by atoms with van der Waals surface area (Å²) in [7, 11) is -4.01. The predicted octanol–water partition coefficient (Wildman–Crippen LogP) is 4.51. The van der Waals surface area contributed by atoms with Gasteiger partial charge in [0.25, 0.3) is 15.9 Å². The van der Waals surface area contributed by atoms with E-state index in [0.717, 1.165) is 7.88 Å². The van der Waals surface area contributed by atoms with Crippen LogP contribution in [0.4, 0.5) is 11.4 Å². The van der Waals surface area contributed by atoms with E-state index in [4.69, 9.17) is 0 Å². The smallest absolute Gasteiger partial charge is 0.264 e. The SMILES string of the molecule is CC(C)CNC(=O)c1ccccc1NC(=O)CN(c1ccc(I)cc1)S(=O)(=O)c1ccccc1. The summed E-state index contributed by atoms with van der Waals surface area (Å²) in [4.78, 5) is 25.7. The lowest BCUT2D eigenvalue weighted by Gasteiger charge is -2.24. The molecule has 2 amide bonds. The van der Waals surface area contributed by atoms with Crippen LogP contribution in [-0.4, -0.2) is 33.3 Å². The van der Waals surface area contributed by atoms with E-state index in [-0.39, 0.29) is 16.7 Å². The average molecular weight is 591 g/mol. The summed E-state index contributed by atoms with van der Waals surface area (Å²) >= 11 is 2.13. The highest BCUT2D eigenvalue weighted by Crippen LogP contribution is 2.25. The number of halogens is 1. The molecule has 3 rings (SSSR count). The summed E-state index contributed by atoms with van der Waals surface area (Å²) in [6, 6.07) is 21.5. The lowest BCUT2D eigenvalue weighted by molar-refractivity contribution is -0.114. The fourth-order valence-corrected chi connectivity index (χ4v) is 4.95. The van der Waals surface area contributed by atoms with Crippen LogP contribution in [0.2, 0.25) is 0 Å². The molecular formula is C25H26IN3O4S. The molecule has 0 heterocycles. The largest absolute Gasteiger partial charge is 0.352 e. The molecule has 9 heteroatoms. The molecule has 178 valence electrons. The van der Waals surface area contributed by atoms with Crippen LogP contribution >= 0.6 is 22.6 Å². The number of amides is 2. The van der Waals surface area contributed by atoms with Gasteiger partial charge in [-0.25, -0.2) is 8.42 Å². The monoisotopic (exact) mass is 591 g/mol. The Kier molecular flexibility index (Phi) is 8.67. The average Bonchev–Trinajstić information content (AvgIpc) is 2.82. The number of carbonyl (C=O) groups is 2.